The Hall–Kier alpha value is -1.85. The number of hydrogen-bond donors (Lipinski definition) is 1. The first-order valence-electron chi connectivity index (χ1n) is 6.22. The summed E-state index contributed by atoms with van der Waals surface area (Å²) >= 11 is 0. The van der Waals surface area contributed by atoms with Gasteiger partial charge in [0, 0.05) is 32.0 Å². The smallest absolute Gasteiger partial charge is 0.322 e. The van der Waals surface area contributed by atoms with Crippen molar-refractivity contribution in [3.63, 3.8) is 0 Å². The molecule has 1 N–H and O–H groups in total. The van der Waals surface area contributed by atoms with Gasteiger partial charge in [-0.15, -0.1) is 0 Å². The minimum Gasteiger partial charge on any atom is -0.322 e. The highest BCUT2D eigenvalue weighted by molar-refractivity contribution is 5.88. The minimum atomic E-state index is -0.293. The van der Waals surface area contributed by atoms with E-state index in [1.165, 1.54) is 10.8 Å². The van der Waals surface area contributed by atoms with E-state index in [2.05, 4.69) is 10.3 Å². The number of nitrogens with zero attached hydrogens (tertiary/aromatic N) is 3. The lowest BCUT2D eigenvalue weighted by Crippen LogP contribution is -2.39. The van der Waals surface area contributed by atoms with E-state index >= 15 is 0 Å². The summed E-state index contributed by atoms with van der Waals surface area (Å²) in [5, 5.41) is 2.60. The number of nitrogens with one attached hydrogen (secondary N) is 1. The molecule has 1 aliphatic rings. The summed E-state index contributed by atoms with van der Waals surface area (Å²) in [7, 11) is 1.63. The number of hydrogen-bond acceptors (Lipinski definition) is 3. The SMILES string of the molecule is CCCN(C(=O)Nc1nccn(C)c1=O)C1CC1. The highest BCUT2D eigenvalue weighted by Gasteiger charge is 2.32. The molecule has 0 aliphatic heterocycles. The zero-order valence-corrected chi connectivity index (χ0v) is 10.7. The molecule has 1 aromatic heterocycles. The number of anilines is 1. The number of amides is 2. The molecule has 1 saturated carbocycles. The summed E-state index contributed by atoms with van der Waals surface area (Å²) in [6, 6.07) is 0.104. The second kappa shape index (κ2) is 5.20. The Labute approximate surface area is 106 Å². The second-order valence-electron chi connectivity index (χ2n) is 4.55. The van der Waals surface area contributed by atoms with Gasteiger partial charge in [0.05, 0.1) is 0 Å². The van der Waals surface area contributed by atoms with Crippen molar-refractivity contribution >= 4 is 11.8 Å². The number of urea groups is 1. The van der Waals surface area contributed by atoms with Crippen LogP contribution in [0.2, 0.25) is 0 Å². The zero-order valence-electron chi connectivity index (χ0n) is 10.7. The number of aryl methyl sites for hydroxylation is 1. The van der Waals surface area contributed by atoms with Crippen LogP contribution < -0.4 is 10.9 Å². The molecule has 1 fully saturated rings. The molecule has 0 unspecified atom stereocenters. The standard InChI is InChI=1S/C12H18N4O2/c1-3-7-16(9-4-5-9)12(18)14-10-11(17)15(2)8-6-13-10/h6,8-9H,3-5,7H2,1-2H3,(H,13,14,18). The minimum absolute atomic E-state index is 0.0896. The largest absolute Gasteiger partial charge is 0.323 e. The molecular weight excluding hydrogens is 232 g/mol. The van der Waals surface area contributed by atoms with E-state index in [0.717, 1.165) is 19.3 Å². The van der Waals surface area contributed by atoms with Crippen molar-refractivity contribution in [3.8, 4) is 0 Å². The average Bonchev–Trinajstić information content (AvgIpc) is 3.16. The lowest BCUT2D eigenvalue weighted by atomic mass is 10.4. The number of aromatic nitrogens is 2. The van der Waals surface area contributed by atoms with E-state index in [4.69, 9.17) is 0 Å². The Bertz CT molecular complexity index is 493. The Balaban J connectivity index is 2.10. The monoisotopic (exact) mass is 250 g/mol. The second-order valence-corrected chi connectivity index (χ2v) is 4.55. The maximum absolute atomic E-state index is 12.1. The maximum atomic E-state index is 12.1. The Morgan fingerprint density at radius 1 is 1.61 bits per heavy atom. The van der Waals surface area contributed by atoms with Crippen LogP contribution in [0.5, 0.6) is 0 Å². The predicted molar refractivity (Wildman–Crippen MR) is 68.5 cm³/mol. The number of carbonyl (C=O) groups excluding carboxylic acids is 1. The van der Waals surface area contributed by atoms with Gasteiger partial charge in [-0.3, -0.25) is 10.1 Å². The fourth-order valence-electron chi connectivity index (χ4n) is 1.83. The van der Waals surface area contributed by atoms with Crippen molar-refractivity contribution in [2.45, 2.75) is 32.2 Å². The molecule has 1 aromatic rings. The van der Waals surface area contributed by atoms with E-state index in [1.807, 2.05) is 6.92 Å². The molecular formula is C12H18N4O2. The first kappa shape index (κ1) is 12.6. The summed E-state index contributed by atoms with van der Waals surface area (Å²) in [6.45, 7) is 2.74. The fourth-order valence-corrected chi connectivity index (χ4v) is 1.83. The molecule has 6 nitrogen and oxygen atoms in total. The van der Waals surface area contributed by atoms with E-state index in [-0.39, 0.29) is 17.4 Å². The molecule has 2 amide bonds. The van der Waals surface area contributed by atoms with Crippen LogP contribution in [0.4, 0.5) is 10.6 Å². The molecule has 0 radical (unpaired) electrons. The van der Waals surface area contributed by atoms with Gasteiger partial charge in [0.2, 0.25) is 5.82 Å². The van der Waals surface area contributed by atoms with E-state index in [0.29, 0.717) is 12.6 Å². The summed E-state index contributed by atoms with van der Waals surface area (Å²) in [4.78, 5) is 29.5. The Morgan fingerprint density at radius 3 is 2.94 bits per heavy atom. The predicted octanol–water partition coefficient (Wildman–Crippen LogP) is 1.19. The fraction of sp³-hybridized carbons (Fsp3) is 0.583. The van der Waals surface area contributed by atoms with Crippen LogP contribution in [-0.4, -0.2) is 33.1 Å². The van der Waals surface area contributed by atoms with Crippen LogP contribution in [0, 0.1) is 0 Å². The number of rotatable bonds is 4. The van der Waals surface area contributed by atoms with Gasteiger partial charge >= 0.3 is 6.03 Å². The van der Waals surface area contributed by atoms with E-state index in [9.17, 15) is 9.59 Å². The van der Waals surface area contributed by atoms with Gasteiger partial charge in [0.1, 0.15) is 0 Å². The third-order valence-corrected chi connectivity index (χ3v) is 2.96. The van der Waals surface area contributed by atoms with Gasteiger partial charge in [-0.25, -0.2) is 9.78 Å². The van der Waals surface area contributed by atoms with Crippen molar-refractivity contribution in [3.05, 3.63) is 22.7 Å². The topological polar surface area (TPSA) is 67.2 Å². The molecule has 0 saturated heterocycles. The molecule has 0 bridgehead atoms. The molecule has 0 atom stereocenters. The molecule has 6 heteroatoms. The number of carbonyl (C=O) groups is 1. The summed E-state index contributed by atoms with van der Waals surface area (Å²) in [5.74, 6) is 0.0896. The summed E-state index contributed by atoms with van der Waals surface area (Å²) in [6.07, 6.45) is 6.06. The Kier molecular flexibility index (Phi) is 3.64. The molecule has 18 heavy (non-hydrogen) atoms. The van der Waals surface area contributed by atoms with Crippen LogP contribution in [0.25, 0.3) is 0 Å². The highest BCUT2D eigenvalue weighted by atomic mass is 16.2. The summed E-state index contributed by atoms with van der Waals surface area (Å²) in [5.41, 5.74) is -0.293. The van der Waals surface area contributed by atoms with Crippen molar-refractivity contribution in [2.24, 2.45) is 7.05 Å². The normalized spacial score (nSPS) is 14.3. The molecule has 1 aliphatic carbocycles. The van der Waals surface area contributed by atoms with Crippen LogP contribution in [0.15, 0.2) is 17.2 Å². The first-order chi connectivity index (χ1) is 8.63. The quantitative estimate of drug-likeness (QED) is 0.872. The van der Waals surface area contributed by atoms with Crippen molar-refractivity contribution in [1.82, 2.24) is 14.5 Å². The average molecular weight is 250 g/mol. The highest BCUT2D eigenvalue weighted by Crippen LogP contribution is 2.27. The zero-order chi connectivity index (χ0) is 13.1. The van der Waals surface area contributed by atoms with Crippen LogP contribution in [0.1, 0.15) is 26.2 Å². The molecule has 1 heterocycles. The first-order valence-corrected chi connectivity index (χ1v) is 6.22. The van der Waals surface area contributed by atoms with Crippen molar-refractivity contribution < 1.29 is 4.79 Å². The van der Waals surface area contributed by atoms with Gasteiger partial charge in [0.25, 0.3) is 5.56 Å². The van der Waals surface area contributed by atoms with Gasteiger partial charge in [-0.2, -0.15) is 0 Å². The maximum Gasteiger partial charge on any atom is 0.323 e. The van der Waals surface area contributed by atoms with Gasteiger partial charge in [-0.05, 0) is 19.3 Å². The van der Waals surface area contributed by atoms with Gasteiger partial charge in [0.15, 0.2) is 0 Å². The molecule has 0 aromatic carbocycles. The summed E-state index contributed by atoms with van der Waals surface area (Å²) < 4.78 is 1.39. The third kappa shape index (κ3) is 2.69. The van der Waals surface area contributed by atoms with E-state index < -0.39 is 0 Å². The van der Waals surface area contributed by atoms with Crippen LogP contribution in [-0.2, 0) is 7.05 Å². The lowest BCUT2D eigenvalue weighted by Gasteiger charge is -2.21. The van der Waals surface area contributed by atoms with Crippen LogP contribution in [0.3, 0.4) is 0 Å². The molecule has 98 valence electrons. The van der Waals surface area contributed by atoms with Gasteiger partial charge < -0.3 is 9.47 Å². The van der Waals surface area contributed by atoms with Crippen molar-refractivity contribution in [2.75, 3.05) is 11.9 Å². The Morgan fingerprint density at radius 2 is 2.33 bits per heavy atom. The molecule has 0 spiro atoms. The van der Waals surface area contributed by atoms with Crippen molar-refractivity contribution in [1.29, 1.82) is 0 Å². The van der Waals surface area contributed by atoms with Gasteiger partial charge in [-0.1, -0.05) is 6.92 Å². The van der Waals surface area contributed by atoms with E-state index in [1.54, 1.807) is 18.1 Å². The third-order valence-electron chi connectivity index (χ3n) is 2.96. The lowest BCUT2D eigenvalue weighted by molar-refractivity contribution is 0.208. The molecule has 2 rings (SSSR count). The van der Waals surface area contributed by atoms with Crippen LogP contribution >= 0.6 is 0 Å².